The zero-order chi connectivity index (χ0) is 9.90. The highest BCUT2D eigenvalue weighted by atomic mass is 16.4. The zero-order valence-corrected chi connectivity index (χ0v) is 7.84. The minimum absolute atomic E-state index is 0.319. The number of rotatable bonds is 2. The summed E-state index contributed by atoms with van der Waals surface area (Å²) in [5, 5.41) is 12.2. The molecule has 1 rings (SSSR count). The highest BCUT2D eigenvalue weighted by Crippen LogP contribution is 2.32. The van der Waals surface area contributed by atoms with Crippen LogP contribution in [-0.4, -0.2) is 24.2 Å². The summed E-state index contributed by atoms with van der Waals surface area (Å²) in [6, 6.07) is 0. The van der Waals surface area contributed by atoms with E-state index in [1.807, 2.05) is 6.92 Å². The van der Waals surface area contributed by atoms with Gasteiger partial charge in [-0.25, -0.2) is 0 Å². The highest BCUT2D eigenvalue weighted by Gasteiger charge is 2.41. The Hall–Kier alpha value is -1.01. The topological polar surface area (TPSA) is 49.3 Å². The predicted molar refractivity (Wildman–Crippen MR) is 50.2 cm³/mol. The van der Waals surface area contributed by atoms with Crippen LogP contribution in [0.2, 0.25) is 0 Å². The first-order valence-corrected chi connectivity index (χ1v) is 4.48. The first-order chi connectivity index (χ1) is 6.10. The monoisotopic (exact) mass is 181 g/mol. The van der Waals surface area contributed by atoms with Crippen LogP contribution >= 0.6 is 0 Å². The molecular formula is C10H15NO2. The third kappa shape index (κ3) is 2.02. The molecule has 1 aliphatic heterocycles. The van der Waals surface area contributed by atoms with Gasteiger partial charge in [0.1, 0.15) is 0 Å². The largest absolute Gasteiger partial charge is 0.481 e. The molecule has 3 heteroatoms. The number of terminal acetylenes is 1. The molecule has 2 N–H and O–H groups in total. The van der Waals surface area contributed by atoms with Gasteiger partial charge < -0.3 is 10.4 Å². The summed E-state index contributed by atoms with van der Waals surface area (Å²) >= 11 is 0. The second-order valence-corrected chi connectivity index (χ2v) is 3.91. The lowest BCUT2D eigenvalue weighted by molar-refractivity contribution is -0.150. The first-order valence-electron chi connectivity index (χ1n) is 4.48. The van der Waals surface area contributed by atoms with Crippen molar-refractivity contribution in [2.24, 2.45) is 11.3 Å². The summed E-state index contributed by atoms with van der Waals surface area (Å²) < 4.78 is 0. The molecule has 1 aliphatic rings. The smallest absolute Gasteiger partial charge is 0.311 e. The number of aliphatic carboxylic acids is 1. The number of carboxylic acids is 1. The van der Waals surface area contributed by atoms with Crippen molar-refractivity contribution in [1.29, 1.82) is 0 Å². The van der Waals surface area contributed by atoms with Crippen molar-refractivity contribution in [3.63, 3.8) is 0 Å². The third-order valence-electron chi connectivity index (χ3n) is 2.59. The average Bonchev–Trinajstić information content (AvgIpc) is 2.04. The number of nitrogens with one attached hydrogen (secondary N) is 1. The van der Waals surface area contributed by atoms with Gasteiger partial charge in [-0.15, -0.1) is 12.3 Å². The molecule has 1 heterocycles. The molecule has 1 saturated heterocycles. The summed E-state index contributed by atoms with van der Waals surface area (Å²) in [4.78, 5) is 11.1. The predicted octanol–water partition coefficient (Wildman–Crippen LogP) is 0.710. The lowest BCUT2D eigenvalue weighted by Crippen LogP contribution is -2.48. The molecule has 2 unspecified atom stereocenters. The van der Waals surface area contributed by atoms with Crippen molar-refractivity contribution in [2.45, 2.75) is 19.8 Å². The van der Waals surface area contributed by atoms with E-state index in [1.165, 1.54) is 0 Å². The number of hydrogen-bond donors (Lipinski definition) is 2. The molecule has 0 saturated carbocycles. The molecule has 0 aliphatic carbocycles. The minimum atomic E-state index is -0.774. The van der Waals surface area contributed by atoms with Crippen LogP contribution in [0.15, 0.2) is 0 Å². The molecule has 0 amide bonds. The van der Waals surface area contributed by atoms with Gasteiger partial charge in [0.15, 0.2) is 0 Å². The van der Waals surface area contributed by atoms with Crippen molar-refractivity contribution >= 4 is 5.97 Å². The van der Waals surface area contributed by atoms with Crippen molar-refractivity contribution in [1.82, 2.24) is 5.32 Å². The van der Waals surface area contributed by atoms with Crippen LogP contribution in [0.3, 0.4) is 0 Å². The Kier molecular flexibility index (Phi) is 2.94. The maximum Gasteiger partial charge on any atom is 0.311 e. The van der Waals surface area contributed by atoms with Crippen LogP contribution in [0.5, 0.6) is 0 Å². The van der Waals surface area contributed by atoms with Crippen LogP contribution in [0, 0.1) is 23.7 Å². The van der Waals surface area contributed by atoms with E-state index in [-0.39, 0.29) is 0 Å². The molecule has 3 nitrogen and oxygen atoms in total. The van der Waals surface area contributed by atoms with E-state index in [1.54, 1.807) is 0 Å². The second kappa shape index (κ2) is 3.80. The Bertz CT molecular complexity index is 244. The van der Waals surface area contributed by atoms with Gasteiger partial charge in [0.2, 0.25) is 0 Å². The fourth-order valence-corrected chi connectivity index (χ4v) is 1.94. The van der Waals surface area contributed by atoms with Crippen molar-refractivity contribution in [2.75, 3.05) is 13.1 Å². The third-order valence-corrected chi connectivity index (χ3v) is 2.59. The van der Waals surface area contributed by atoms with Crippen LogP contribution in [0.1, 0.15) is 19.8 Å². The number of carbonyl (C=O) groups is 1. The fourth-order valence-electron chi connectivity index (χ4n) is 1.94. The maximum atomic E-state index is 11.1. The fraction of sp³-hybridized carbons (Fsp3) is 0.700. The average molecular weight is 181 g/mol. The van der Waals surface area contributed by atoms with Gasteiger partial charge in [-0.1, -0.05) is 6.92 Å². The molecule has 0 aromatic carbocycles. The van der Waals surface area contributed by atoms with E-state index in [0.717, 1.165) is 6.54 Å². The Labute approximate surface area is 78.5 Å². The minimum Gasteiger partial charge on any atom is -0.481 e. The molecule has 2 atom stereocenters. The molecular weight excluding hydrogens is 166 g/mol. The standard InChI is InChI=1S/C10H15NO2/c1-3-4-10(9(12)13)5-8(2)6-11-7-10/h1,8,11H,4-7H2,2H3,(H,12,13). The SMILES string of the molecule is C#CCC1(C(=O)O)CNCC(C)C1. The number of hydrogen-bond acceptors (Lipinski definition) is 2. The second-order valence-electron chi connectivity index (χ2n) is 3.91. The van der Waals surface area contributed by atoms with E-state index in [0.29, 0.717) is 25.3 Å². The van der Waals surface area contributed by atoms with Crippen LogP contribution in [0.25, 0.3) is 0 Å². The van der Waals surface area contributed by atoms with Crippen LogP contribution < -0.4 is 5.32 Å². The lowest BCUT2D eigenvalue weighted by atomic mass is 9.74. The zero-order valence-electron chi connectivity index (χ0n) is 7.84. The summed E-state index contributed by atoms with van der Waals surface area (Å²) in [6.45, 7) is 3.43. The van der Waals surface area contributed by atoms with E-state index >= 15 is 0 Å². The summed E-state index contributed by atoms with van der Waals surface area (Å²) in [5.41, 5.74) is -0.730. The Morgan fingerprint density at radius 3 is 3.00 bits per heavy atom. The van der Waals surface area contributed by atoms with Gasteiger partial charge in [-0.3, -0.25) is 4.79 Å². The van der Waals surface area contributed by atoms with Gasteiger partial charge in [0.25, 0.3) is 0 Å². The molecule has 0 bridgehead atoms. The van der Waals surface area contributed by atoms with E-state index in [4.69, 9.17) is 11.5 Å². The molecule has 1 fully saturated rings. The van der Waals surface area contributed by atoms with Gasteiger partial charge in [-0.05, 0) is 18.9 Å². The maximum absolute atomic E-state index is 11.1. The van der Waals surface area contributed by atoms with Gasteiger partial charge in [-0.2, -0.15) is 0 Å². The van der Waals surface area contributed by atoms with Crippen LogP contribution in [0.4, 0.5) is 0 Å². The summed E-state index contributed by atoms with van der Waals surface area (Å²) in [5.74, 6) is 2.07. The van der Waals surface area contributed by atoms with Crippen molar-refractivity contribution < 1.29 is 9.90 Å². The summed E-state index contributed by atoms with van der Waals surface area (Å²) in [6.07, 6.45) is 6.19. The van der Waals surface area contributed by atoms with Gasteiger partial charge in [0.05, 0.1) is 5.41 Å². The molecule has 72 valence electrons. The van der Waals surface area contributed by atoms with Crippen molar-refractivity contribution in [3.05, 3.63) is 0 Å². The van der Waals surface area contributed by atoms with E-state index < -0.39 is 11.4 Å². The van der Waals surface area contributed by atoms with Crippen molar-refractivity contribution in [3.8, 4) is 12.3 Å². The molecule has 0 radical (unpaired) electrons. The normalized spacial score (nSPS) is 33.7. The Morgan fingerprint density at radius 2 is 2.54 bits per heavy atom. The molecule has 0 aromatic rings. The quantitative estimate of drug-likeness (QED) is 0.617. The highest BCUT2D eigenvalue weighted by molar-refractivity contribution is 5.75. The lowest BCUT2D eigenvalue weighted by Gasteiger charge is -2.35. The van der Waals surface area contributed by atoms with Gasteiger partial charge >= 0.3 is 5.97 Å². The number of carboxylic acid groups (broad SMARTS) is 1. The molecule has 13 heavy (non-hydrogen) atoms. The Morgan fingerprint density at radius 1 is 1.85 bits per heavy atom. The summed E-state index contributed by atoms with van der Waals surface area (Å²) in [7, 11) is 0. The van der Waals surface area contributed by atoms with E-state index in [2.05, 4.69) is 11.2 Å². The number of piperidine rings is 1. The Balaban J connectivity index is 2.78. The van der Waals surface area contributed by atoms with E-state index in [9.17, 15) is 4.79 Å². The molecule has 0 spiro atoms. The first kappa shape index (κ1) is 10.1. The van der Waals surface area contributed by atoms with Crippen LogP contribution in [-0.2, 0) is 4.79 Å². The van der Waals surface area contributed by atoms with Gasteiger partial charge in [0, 0.05) is 13.0 Å². The molecule has 0 aromatic heterocycles.